The summed E-state index contributed by atoms with van der Waals surface area (Å²) in [7, 11) is 2.11. The van der Waals surface area contributed by atoms with Gasteiger partial charge in [0.1, 0.15) is 12.5 Å². The van der Waals surface area contributed by atoms with Crippen LogP contribution in [0.15, 0.2) is 23.0 Å². The molecule has 0 radical (unpaired) electrons. The van der Waals surface area contributed by atoms with E-state index in [1.54, 1.807) is 0 Å². The SMILES string of the molecule is CC1=CCC2CN(C)COC2=C1C. The van der Waals surface area contributed by atoms with Crippen LogP contribution in [-0.4, -0.2) is 25.2 Å². The third-order valence-electron chi connectivity index (χ3n) is 3.01. The molecule has 72 valence electrons. The quantitative estimate of drug-likeness (QED) is 0.565. The fraction of sp³-hybridized carbons (Fsp3) is 0.636. The Hall–Kier alpha value is -0.760. The van der Waals surface area contributed by atoms with E-state index in [2.05, 4.69) is 31.9 Å². The van der Waals surface area contributed by atoms with E-state index in [4.69, 9.17) is 4.74 Å². The average molecular weight is 179 g/mol. The van der Waals surface area contributed by atoms with Crippen LogP contribution >= 0.6 is 0 Å². The molecule has 2 rings (SSSR count). The normalized spacial score (nSPS) is 29.5. The number of allylic oxidation sites excluding steroid dienone is 3. The minimum atomic E-state index is 0.599. The zero-order valence-corrected chi connectivity index (χ0v) is 8.63. The Kier molecular flexibility index (Phi) is 2.16. The second-order valence-corrected chi connectivity index (χ2v) is 4.12. The van der Waals surface area contributed by atoms with Crippen LogP contribution in [0.5, 0.6) is 0 Å². The Bertz CT molecular complexity index is 278. The van der Waals surface area contributed by atoms with Gasteiger partial charge in [0.25, 0.3) is 0 Å². The number of fused-ring (bicyclic) bond motifs is 1. The van der Waals surface area contributed by atoms with Crippen LogP contribution in [0, 0.1) is 5.92 Å². The molecule has 1 fully saturated rings. The zero-order chi connectivity index (χ0) is 9.42. The molecule has 0 aromatic rings. The van der Waals surface area contributed by atoms with Crippen molar-refractivity contribution < 1.29 is 4.74 Å². The minimum absolute atomic E-state index is 0.599. The largest absolute Gasteiger partial charge is 0.482 e. The van der Waals surface area contributed by atoms with Crippen molar-refractivity contribution >= 4 is 0 Å². The summed E-state index contributed by atoms with van der Waals surface area (Å²) in [5.41, 5.74) is 2.74. The molecule has 0 aromatic carbocycles. The van der Waals surface area contributed by atoms with Crippen molar-refractivity contribution in [3.8, 4) is 0 Å². The van der Waals surface area contributed by atoms with E-state index in [1.165, 1.54) is 16.9 Å². The van der Waals surface area contributed by atoms with E-state index >= 15 is 0 Å². The Morgan fingerprint density at radius 3 is 3.00 bits per heavy atom. The first-order valence-electron chi connectivity index (χ1n) is 4.87. The van der Waals surface area contributed by atoms with Gasteiger partial charge in [0.2, 0.25) is 0 Å². The second kappa shape index (κ2) is 3.18. The van der Waals surface area contributed by atoms with Gasteiger partial charge in [-0.05, 0) is 38.5 Å². The highest BCUT2D eigenvalue weighted by Gasteiger charge is 2.27. The summed E-state index contributed by atoms with van der Waals surface area (Å²) in [5.74, 6) is 1.83. The van der Waals surface area contributed by atoms with Gasteiger partial charge < -0.3 is 4.74 Å². The van der Waals surface area contributed by atoms with E-state index in [9.17, 15) is 0 Å². The molecule has 2 nitrogen and oxygen atoms in total. The molecule has 0 N–H and O–H groups in total. The first kappa shape index (κ1) is 8.82. The highest BCUT2D eigenvalue weighted by molar-refractivity contribution is 5.35. The van der Waals surface area contributed by atoms with E-state index < -0.39 is 0 Å². The Labute approximate surface area is 79.9 Å². The van der Waals surface area contributed by atoms with Crippen molar-refractivity contribution in [2.24, 2.45) is 5.92 Å². The lowest BCUT2D eigenvalue weighted by molar-refractivity contribution is 0.0181. The number of rotatable bonds is 0. The van der Waals surface area contributed by atoms with Gasteiger partial charge in [0.05, 0.1) is 0 Å². The molecule has 1 aliphatic heterocycles. The maximum Gasteiger partial charge on any atom is 0.141 e. The number of hydrogen-bond acceptors (Lipinski definition) is 2. The Morgan fingerprint density at radius 2 is 2.23 bits per heavy atom. The molecule has 0 bridgehead atoms. The van der Waals surface area contributed by atoms with Crippen molar-refractivity contribution in [2.75, 3.05) is 20.3 Å². The number of ether oxygens (including phenoxy) is 1. The molecule has 0 spiro atoms. The molecule has 1 saturated heterocycles. The summed E-state index contributed by atoms with van der Waals surface area (Å²) >= 11 is 0. The molecule has 0 saturated carbocycles. The molecule has 1 unspecified atom stereocenters. The zero-order valence-electron chi connectivity index (χ0n) is 8.63. The maximum atomic E-state index is 5.74. The lowest BCUT2D eigenvalue weighted by atomic mass is 9.89. The highest BCUT2D eigenvalue weighted by Crippen LogP contribution is 2.33. The first-order valence-corrected chi connectivity index (χ1v) is 4.87. The molecule has 0 aromatic heterocycles. The smallest absolute Gasteiger partial charge is 0.141 e. The average Bonchev–Trinajstić information content (AvgIpc) is 2.12. The first-order chi connectivity index (χ1) is 6.18. The van der Waals surface area contributed by atoms with Gasteiger partial charge in [-0.3, -0.25) is 4.90 Å². The number of hydrogen-bond donors (Lipinski definition) is 0. The van der Waals surface area contributed by atoms with Gasteiger partial charge in [-0.2, -0.15) is 0 Å². The molecular weight excluding hydrogens is 162 g/mol. The topological polar surface area (TPSA) is 12.5 Å². The Balaban J connectivity index is 2.25. The van der Waals surface area contributed by atoms with Crippen LogP contribution in [0.4, 0.5) is 0 Å². The highest BCUT2D eigenvalue weighted by atomic mass is 16.5. The summed E-state index contributed by atoms with van der Waals surface area (Å²) < 4.78 is 5.74. The van der Waals surface area contributed by atoms with Crippen LogP contribution < -0.4 is 0 Å². The van der Waals surface area contributed by atoms with Gasteiger partial charge in [-0.15, -0.1) is 0 Å². The molecule has 1 aliphatic carbocycles. The van der Waals surface area contributed by atoms with Gasteiger partial charge in [-0.1, -0.05) is 6.08 Å². The van der Waals surface area contributed by atoms with Crippen molar-refractivity contribution in [3.05, 3.63) is 23.0 Å². The summed E-state index contributed by atoms with van der Waals surface area (Å²) in [6.45, 7) is 6.21. The summed E-state index contributed by atoms with van der Waals surface area (Å²) in [6, 6.07) is 0. The van der Waals surface area contributed by atoms with E-state index in [-0.39, 0.29) is 0 Å². The second-order valence-electron chi connectivity index (χ2n) is 4.12. The molecule has 2 aliphatic rings. The van der Waals surface area contributed by atoms with Gasteiger partial charge in [0, 0.05) is 12.5 Å². The lowest BCUT2D eigenvalue weighted by Crippen LogP contribution is -2.36. The molecule has 13 heavy (non-hydrogen) atoms. The van der Waals surface area contributed by atoms with Crippen LogP contribution in [0.3, 0.4) is 0 Å². The molecule has 0 amide bonds. The Morgan fingerprint density at radius 1 is 1.46 bits per heavy atom. The van der Waals surface area contributed by atoms with Crippen molar-refractivity contribution in [1.29, 1.82) is 0 Å². The van der Waals surface area contributed by atoms with Crippen LogP contribution in [-0.2, 0) is 4.74 Å². The lowest BCUT2D eigenvalue weighted by Gasteiger charge is -2.35. The summed E-state index contributed by atoms with van der Waals surface area (Å²) in [6.07, 6.45) is 3.47. The maximum absolute atomic E-state index is 5.74. The van der Waals surface area contributed by atoms with Crippen molar-refractivity contribution in [3.63, 3.8) is 0 Å². The van der Waals surface area contributed by atoms with Gasteiger partial charge >= 0.3 is 0 Å². The molecule has 2 heteroatoms. The molecule has 1 atom stereocenters. The number of nitrogens with zero attached hydrogens (tertiary/aromatic N) is 1. The van der Waals surface area contributed by atoms with Crippen molar-refractivity contribution in [1.82, 2.24) is 4.90 Å². The summed E-state index contributed by atoms with van der Waals surface area (Å²) in [4.78, 5) is 2.23. The van der Waals surface area contributed by atoms with Gasteiger partial charge in [0.15, 0.2) is 0 Å². The minimum Gasteiger partial charge on any atom is -0.482 e. The molecule has 1 heterocycles. The summed E-state index contributed by atoms with van der Waals surface area (Å²) in [5, 5.41) is 0. The predicted octanol–water partition coefficient (Wildman–Crippen LogP) is 2.15. The van der Waals surface area contributed by atoms with E-state index in [0.29, 0.717) is 5.92 Å². The predicted molar refractivity (Wildman–Crippen MR) is 53.1 cm³/mol. The van der Waals surface area contributed by atoms with E-state index in [1.807, 2.05) is 0 Å². The van der Waals surface area contributed by atoms with Gasteiger partial charge in [-0.25, -0.2) is 0 Å². The third kappa shape index (κ3) is 1.51. The standard InChI is InChI=1S/C11H17NO/c1-8-4-5-10-6-12(3)7-13-11(10)9(8)2/h4,10H,5-7H2,1-3H3. The third-order valence-corrected chi connectivity index (χ3v) is 3.01. The van der Waals surface area contributed by atoms with Crippen molar-refractivity contribution in [2.45, 2.75) is 20.3 Å². The van der Waals surface area contributed by atoms with Crippen LogP contribution in [0.25, 0.3) is 0 Å². The molecular formula is C11H17NO. The monoisotopic (exact) mass is 179 g/mol. The van der Waals surface area contributed by atoms with Crippen LogP contribution in [0.2, 0.25) is 0 Å². The fourth-order valence-electron chi connectivity index (χ4n) is 2.07. The fourth-order valence-corrected chi connectivity index (χ4v) is 2.07. The van der Waals surface area contributed by atoms with Crippen LogP contribution in [0.1, 0.15) is 20.3 Å². The van der Waals surface area contributed by atoms with E-state index in [0.717, 1.165) is 19.7 Å².